The van der Waals surface area contributed by atoms with E-state index in [1.54, 1.807) is 0 Å². The molecule has 0 bridgehead atoms. The van der Waals surface area contributed by atoms with Crippen LogP contribution in [0.25, 0.3) is 93.6 Å². The van der Waals surface area contributed by atoms with Crippen molar-refractivity contribution in [3.63, 3.8) is 0 Å². The van der Waals surface area contributed by atoms with Gasteiger partial charge in [-0.25, -0.2) is 0 Å². The predicted octanol–water partition coefficient (Wildman–Crippen LogP) is 16.9. The van der Waals surface area contributed by atoms with Crippen LogP contribution in [0.1, 0.15) is 25.0 Å². The number of anilines is 3. The highest BCUT2D eigenvalue weighted by molar-refractivity contribution is 6.12. The average Bonchev–Trinajstić information content (AvgIpc) is 3.96. The van der Waals surface area contributed by atoms with Crippen molar-refractivity contribution in [1.82, 2.24) is 4.57 Å². The molecule has 0 saturated carbocycles. The van der Waals surface area contributed by atoms with E-state index in [0.717, 1.165) is 55.8 Å². The van der Waals surface area contributed by atoms with Gasteiger partial charge in [-0.05, 0) is 134 Å². The zero-order valence-electron chi connectivity index (χ0n) is 35.6. The van der Waals surface area contributed by atoms with E-state index in [1.807, 2.05) is 12.1 Å². The third kappa shape index (κ3) is 5.54. The molecule has 302 valence electrons. The Labute approximate surface area is 371 Å². The molecule has 12 aromatic rings. The Morgan fingerprint density at radius 2 is 1.02 bits per heavy atom. The molecule has 0 fully saturated rings. The predicted molar refractivity (Wildman–Crippen MR) is 269 cm³/mol. The van der Waals surface area contributed by atoms with Gasteiger partial charge in [-0.3, -0.25) is 0 Å². The molecule has 1 aliphatic carbocycles. The molecule has 0 amide bonds. The molecule has 3 nitrogen and oxygen atoms in total. The van der Waals surface area contributed by atoms with Crippen LogP contribution in [-0.2, 0) is 5.41 Å². The zero-order chi connectivity index (χ0) is 42.5. The van der Waals surface area contributed by atoms with Crippen molar-refractivity contribution in [2.24, 2.45) is 0 Å². The minimum absolute atomic E-state index is 0.128. The Bertz CT molecular complexity index is 3810. The first-order valence-corrected chi connectivity index (χ1v) is 22.2. The van der Waals surface area contributed by atoms with E-state index < -0.39 is 0 Å². The fraction of sp³-hybridized carbons (Fsp3) is 0.0492. The van der Waals surface area contributed by atoms with Crippen molar-refractivity contribution >= 4 is 71.6 Å². The largest absolute Gasteiger partial charge is 0.456 e. The summed E-state index contributed by atoms with van der Waals surface area (Å²) >= 11 is 0. The highest BCUT2D eigenvalue weighted by Gasteiger charge is 2.35. The van der Waals surface area contributed by atoms with Gasteiger partial charge in [0.15, 0.2) is 0 Å². The van der Waals surface area contributed by atoms with Gasteiger partial charge in [0, 0.05) is 49.7 Å². The van der Waals surface area contributed by atoms with Gasteiger partial charge in [-0.1, -0.05) is 153 Å². The maximum Gasteiger partial charge on any atom is 0.135 e. The van der Waals surface area contributed by atoms with Crippen molar-refractivity contribution in [3.8, 4) is 39.1 Å². The van der Waals surface area contributed by atoms with Gasteiger partial charge in [0.2, 0.25) is 0 Å². The van der Waals surface area contributed by atoms with Crippen molar-refractivity contribution < 1.29 is 4.42 Å². The van der Waals surface area contributed by atoms with Crippen LogP contribution < -0.4 is 4.90 Å². The summed E-state index contributed by atoms with van der Waals surface area (Å²) in [4.78, 5) is 2.38. The third-order valence-corrected chi connectivity index (χ3v) is 13.8. The minimum Gasteiger partial charge on any atom is -0.456 e. The molecule has 0 radical (unpaired) electrons. The molecule has 10 aromatic carbocycles. The van der Waals surface area contributed by atoms with E-state index in [0.29, 0.717) is 0 Å². The monoisotopic (exact) mass is 818 g/mol. The first-order chi connectivity index (χ1) is 31.5. The second-order valence-electron chi connectivity index (χ2n) is 17.7. The molecule has 0 atom stereocenters. The summed E-state index contributed by atoms with van der Waals surface area (Å²) in [7, 11) is 0. The lowest BCUT2D eigenvalue weighted by Gasteiger charge is -2.26. The number of para-hydroxylation sites is 2. The molecule has 0 N–H and O–H groups in total. The van der Waals surface area contributed by atoms with Crippen molar-refractivity contribution in [2.45, 2.75) is 19.3 Å². The molecule has 0 saturated heterocycles. The Kier molecular flexibility index (Phi) is 7.95. The summed E-state index contributed by atoms with van der Waals surface area (Å²) in [5.74, 6) is 0. The molecule has 1 aliphatic rings. The third-order valence-electron chi connectivity index (χ3n) is 13.8. The number of hydrogen-bond donors (Lipinski definition) is 0. The lowest BCUT2D eigenvalue weighted by molar-refractivity contribution is 0.660. The smallest absolute Gasteiger partial charge is 0.135 e. The fourth-order valence-electron chi connectivity index (χ4n) is 10.6. The van der Waals surface area contributed by atoms with Gasteiger partial charge in [-0.2, -0.15) is 0 Å². The van der Waals surface area contributed by atoms with Crippen LogP contribution >= 0.6 is 0 Å². The average molecular weight is 819 g/mol. The standard InChI is InChI=1S/C61H42N2O/c1-61(2)55-21-10-8-18-49(55)50-31-29-45(37-56(50)61)63-57-33-25-41(42-26-34-60-54(36-42)52-19-9-11-22-59(52)64-60)35-53(57)51-32-30-46(38-58(51)63)62(43-15-4-3-5-16-43)44-27-23-40(24-28-44)48-20-12-14-39-13-6-7-17-47(39)48/h3-38H,1-2H3. The van der Waals surface area contributed by atoms with Gasteiger partial charge < -0.3 is 13.9 Å². The molecule has 2 heterocycles. The van der Waals surface area contributed by atoms with Gasteiger partial charge in [0.1, 0.15) is 11.2 Å². The molecule has 3 heteroatoms. The summed E-state index contributed by atoms with van der Waals surface area (Å²) in [6.45, 7) is 4.72. The van der Waals surface area contributed by atoms with E-state index in [9.17, 15) is 0 Å². The van der Waals surface area contributed by atoms with E-state index in [1.165, 1.54) is 66.0 Å². The number of fused-ring (bicyclic) bond motifs is 10. The molecule has 0 spiro atoms. The van der Waals surface area contributed by atoms with Crippen molar-refractivity contribution in [3.05, 3.63) is 230 Å². The van der Waals surface area contributed by atoms with Crippen LogP contribution in [0.2, 0.25) is 0 Å². The maximum absolute atomic E-state index is 6.22. The number of rotatable bonds is 6. The molecule has 0 aliphatic heterocycles. The van der Waals surface area contributed by atoms with Gasteiger partial charge in [-0.15, -0.1) is 0 Å². The number of furan rings is 1. The Balaban J connectivity index is 1.00. The Morgan fingerprint density at radius 3 is 1.89 bits per heavy atom. The lowest BCUT2D eigenvalue weighted by Crippen LogP contribution is -2.15. The Hall–Kier alpha value is -8.14. The fourth-order valence-corrected chi connectivity index (χ4v) is 10.6. The lowest BCUT2D eigenvalue weighted by atomic mass is 9.82. The highest BCUT2D eigenvalue weighted by atomic mass is 16.3. The van der Waals surface area contributed by atoms with E-state index in [-0.39, 0.29) is 5.41 Å². The normalized spacial score (nSPS) is 13.0. The molecular formula is C61H42N2O. The quantitative estimate of drug-likeness (QED) is 0.167. The molecular weight excluding hydrogens is 777 g/mol. The number of aromatic nitrogens is 1. The SMILES string of the molecule is CC1(C)c2ccccc2-c2ccc(-n3c4ccc(-c5ccc6oc7ccccc7c6c5)cc4c4ccc(N(c5ccccc5)c5ccc(-c6cccc7ccccc67)cc5)cc43)cc21. The van der Waals surface area contributed by atoms with Crippen LogP contribution in [0.5, 0.6) is 0 Å². The second-order valence-corrected chi connectivity index (χ2v) is 17.7. The summed E-state index contributed by atoms with van der Waals surface area (Å²) in [6.07, 6.45) is 0. The first kappa shape index (κ1) is 36.5. The van der Waals surface area contributed by atoms with Gasteiger partial charge in [0.25, 0.3) is 0 Å². The van der Waals surface area contributed by atoms with E-state index >= 15 is 0 Å². The number of benzene rings is 10. The summed E-state index contributed by atoms with van der Waals surface area (Å²) < 4.78 is 8.70. The van der Waals surface area contributed by atoms with Crippen molar-refractivity contribution in [1.29, 1.82) is 0 Å². The summed E-state index contributed by atoms with van der Waals surface area (Å²) in [5, 5.41) is 7.19. The first-order valence-electron chi connectivity index (χ1n) is 22.2. The van der Waals surface area contributed by atoms with Crippen molar-refractivity contribution in [2.75, 3.05) is 4.90 Å². The van der Waals surface area contributed by atoms with Gasteiger partial charge in [0.05, 0.1) is 11.0 Å². The molecule has 2 aromatic heterocycles. The topological polar surface area (TPSA) is 21.3 Å². The molecule has 13 rings (SSSR count). The van der Waals surface area contributed by atoms with Crippen LogP contribution in [0.4, 0.5) is 17.1 Å². The van der Waals surface area contributed by atoms with Crippen LogP contribution in [0, 0.1) is 0 Å². The van der Waals surface area contributed by atoms with E-state index in [2.05, 4.69) is 230 Å². The summed E-state index contributed by atoms with van der Waals surface area (Å²) in [6, 6.07) is 79.8. The zero-order valence-corrected chi connectivity index (χ0v) is 35.6. The maximum atomic E-state index is 6.22. The van der Waals surface area contributed by atoms with E-state index in [4.69, 9.17) is 4.42 Å². The highest BCUT2D eigenvalue weighted by Crippen LogP contribution is 2.50. The molecule has 0 unspecified atom stereocenters. The molecule has 64 heavy (non-hydrogen) atoms. The minimum atomic E-state index is -0.128. The van der Waals surface area contributed by atoms with Crippen LogP contribution in [0.15, 0.2) is 223 Å². The summed E-state index contributed by atoms with van der Waals surface area (Å²) in [5.41, 5.74) is 18.6. The van der Waals surface area contributed by atoms with Gasteiger partial charge >= 0.3 is 0 Å². The second kappa shape index (κ2) is 13.9. The number of hydrogen-bond acceptors (Lipinski definition) is 2. The van der Waals surface area contributed by atoms with Crippen LogP contribution in [-0.4, -0.2) is 4.57 Å². The van der Waals surface area contributed by atoms with Crippen LogP contribution in [0.3, 0.4) is 0 Å². The Morgan fingerprint density at radius 1 is 0.375 bits per heavy atom. The number of nitrogens with zero attached hydrogens (tertiary/aromatic N) is 2.